The van der Waals surface area contributed by atoms with Crippen LogP contribution in [0.15, 0.2) is 44.4 Å². The highest BCUT2D eigenvalue weighted by molar-refractivity contribution is 9.10. The number of anilines is 1. The molecule has 6 nitrogen and oxygen atoms in total. The molecule has 0 radical (unpaired) electrons. The van der Waals surface area contributed by atoms with Gasteiger partial charge in [-0.3, -0.25) is 9.78 Å². The van der Waals surface area contributed by atoms with Gasteiger partial charge in [0.05, 0.1) is 16.3 Å². The van der Waals surface area contributed by atoms with Gasteiger partial charge in [0, 0.05) is 28.3 Å². The number of hydrogen-bond acceptors (Lipinski definition) is 5. The molecule has 2 heterocycles. The van der Waals surface area contributed by atoms with Crippen LogP contribution >= 0.6 is 31.9 Å². The second kappa shape index (κ2) is 6.84. The summed E-state index contributed by atoms with van der Waals surface area (Å²) in [6.07, 6.45) is 2.79. The molecular formula is C13H11Br2N3O3S. The topological polar surface area (TPSA) is 89.0 Å². The third-order valence-electron chi connectivity index (χ3n) is 2.52. The molecular weight excluding hydrogens is 438 g/mol. The zero-order valence-electron chi connectivity index (χ0n) is 11.4. The van der Waals surface area contributed by atoms with Crippen LogP contribution < -0.4 is 5.32 Å². The number of halogens is 2. The molecule has 0 spiro atoms. The number of pyridine rings is 2. The van der Waals surface area contributed by atoms with Gasteiger partial charge in [-0.25, -0.2) is 13.4 Å². The molecule has 9 heteroatoms. The molecule has 1 N–H and O–H groups in total. The minimum atomic E-state index is -3.59. The molecule has 2 aromatic rings. The normalized spacial score (nSPS) is 11.2. The quantitative estimate of drug-likeness (QED) is 0.776. The van der Waals surface area contributed by atoms with Crippen LogP contribution in [0.5, 0.6) is 0 Å². The van der Waals surface area contributed by atoms with E-state index in [-0.39, 0.29) is 16.6 Å². The smallest absolute Gasteiger partial charge is 0.222 e. The lowest BCUT2D eigenvalue weighted by Gasteiger charge is -2.07. The van der Waals surface area contributed by atoms with E-state index in [1.54, 1.807) is 12.1 Å². The lowest BCUT2D eigenvalue weighted by Crippen LogP contribution is -2.11. The lowest BCUT2D eigenvalue weighted by molar-refractivity contribution is -0.114. The van der Waals surface area contributed by atoms with E-state index < -0.39 is 9.84 Å². The Balaban J connectivity index is 2.33. The number of nitrogens with one attached hydrogen (secondary N) is 1. The number of carbonyl (C=O) groups excluding carboxylic acids is 1. The number of carbonyl (C=O) groups is 1. The van der Waals surface area contributed by atoms with E-state index in [4.69, 9.17) is 0 Å². The molecule has 0 aliphatic heterocycles. The number of rotatable bonds is 4. The van der Waals surface area contributed by atoms with Gasteiger partial charge in [0.25, 0.3) is 0 Å². The summed E-state index contributed by atoms with van der Waals surface area (Å²) in [6.45, 7) is 1.35. The van der Waals surface area contributed by atoms with Crippen LogP contribution in [0.25, 0.3) is 0 Å². The number of amides is 1. The van der Waals surface area contributed by atoms with Crippen molar-refractivity contribution in [2.45, 2.75) is 17.6 Å². The molecule has 2 aromatic heterocycles. The van der Waals surface area contributed by atoms with Crippen molar-refractivity contribution in [1.82, 2.24) is 9.97 Å². The van der Waals surface area contributed by atoms with Crippen LogP contribution in [0.2, 0.25) is 0 Å². The molecule has 116 valence electrons. The van der Waals surface area contributed by atoms with E-state index in [1.165, 1.54) is 25.4 Å². The van der Waals surface area contributed by atoms with Crippen LogP contribution in [0, 0.1) is 0 Å². The van der Waals surface area contributed by atoms with Gasteiger partial charge >= 0.3 is 0 Å². The van der Waals surface area contributed by atoms with Crippen LogP contribution in [-0.2, 0) is 20.4 Å². The standard InChI is InChI=1S/C13H11Br2N3O3S/c1-8(19)17-13-4-9(14)2-11(18-13)7-22(20,21)12-3-10(15)5-16-6-12/h2-6H,7H2,1H3,(H,17,18,19). The zero-order valence-corrected chi connectivity index (χ0v) is 15.4. The van der Waals surface area contributed by atoms with Crippen LogP contribution in [0.4, 0.5) is 5.82 Å². The molecule has 1 amide bonds. The Kier molecular flexibility index (Phi) is 5.30. The van der Waals surface area contributed by atoms with Crippen molar-refractivity contribution in [2.75, 3.05) is 5.32 Å². The summed E-state index contributed by atoms with van der Waals surface area (Å²) < 4.78 is 26.0. The second-order valence-electron chi connectivity index (χ2n) is 4.44. The minimum absolute atomic E-state index is 0.102. The monoisotopic (exact) mass is 447 g/mol. The van der Waals surface area contributed by atoms with Gasteiger partial charge in [-0.2, -0.15) is 0 Å². The third kappa shape index (κ3) is 4.59. The number of sulfone groups is 1. The highest BCUT2D eigenvalue weighted by atomic mass is 79.9. The first kappa shape index (κ1) is 17.0. The zero-order chi connectivity index (χ0) is 16.3. The van der Waals surface area contributed by atoms with Gasteiger partial charge in [0.2, 0.25) is 5.91 Å². The molecule has 0 aliphatic rings. The molecule has 0 bridgehead atoms. The summed E-state index contributed by atoms with van der Waals surface area (Å²) in [7, 11) is -3.59. The fourth-order valence-electron chi connectivity index (χ4n) is 1.71. The van der Waals surface area contributed by atoms with Crippen molar-refractivity contribution >= 4 is 53.4 Å². The average Bonchev–Trinajstić information content (AvgIpc) is 2.36. The van der Waals surface area contributed by atoms with Crippen LogP contribution in [0.3, 0.4) is 0 Å². The molecule has 0 unspecified atom stereocenters. The Morgan fingerprint density at radius 1 is 1.18 bits per heavy atom. The fourth-order valence-corrected chi connectivity index (χ4v) is 3.94. The van der Waals surface area contributed by atoms with Gasteiger partial charge in [0.15, 0.2) is 9.84 Å². The average molecular weight is 449 g/mol. The van der Waals surface area contributed by atoms with Gasteiger partial charge in [-0.1, -0.05) is 15.9 Å². The van der Waals surface area contributed by atoms with E-state index in [1.807, 2.05) is 0 Å². The Hall–Kier alpha value is -1.32. The number of nitrogens with zero attached hydrogens (tertiary/aromatic N) is 2. The molecule has 0 saturated carbocycles. The maximum absolute atomic E-state index is 12.4. The first-order chi connectivity index (χ1) is 10.3. The summed E-state index contributed by atoms with van der Waals surface area (Å²) in [4.78, 5) is 19.2. The Morgan fingerprint density at radius 2 is 1.91 bits per heavy atom. The fraction of sp³-hybridized carbons (Fsp3) is 0.154. The van der Waals surface area contributed by atoms with Gasteiger partial charge in [0.1, 0.15) is 5.82 Å². The van der Waals surface area contributed by atoms with Crippen molar-refractivity contribution in [2.24, 2.45) is 0 Å². The molecule has 0 aliphatic carbocycles. The number of aromatic nitrogens is 2. The molecule has 0 fully saturated rings. The summed E-state index contributed by atoms with van der Waals surface area (Å²) in [5.74, 6) is -0.285. The van der Waals surface area contributed by atoms with Crippen molar-refractivity contribution in [3.8, 4) is 0 Å². The first-order valence-electron chi connectivity index (χ1n) is 6.03. The lowest BCUT2D eigenvalue weighted by atomic mass is 10.3. The largest absolute Gasteiger partial charge is 0.311 e. The molecule has 0 atom stereocenters. The highest BCUT2D eigenvalue weighted by Crippen LogP contribution is 2.22. The Labute approximate surface area is 144 Å². The Morgan fingerprint density at radius 3 is 2.55 bits per heavy atom. The SMILES string of the molecule is CC(=O)Nc1cc(Br)cc(CS(=O)(=O)c2cncc(Br)c2)n1. The summed E-state index contributed by atoms with van der Waals surface area (Å²) in [6, 6.07) is 4.67. The second-order valence-corrected chi connectivity index (χ2v) is 8.26. The van der Waals surface area contributed by atoms with Crippen molar-refractivity contribution in [3.05, 3.63) is 45.2 Å². The molecule has 0 aromatic carbocycles. The maximum Gasteiger partial charge on any atom is 0.222 e. The van der Waals surface area contributed by atoms with Crippen molar-refractivity contribution in [1.29, 1.82) is 0 Å². The van der Waals surface area contributed by atoms with E-state index in [9.17, 15) is 13.2 Å². The summed E-state index contributed by atoms with van der Waals surface area (Å²) in [5, 5.41) is 2.53. The third-order valence-corrected chi connectivity index (χ3v) is 5.03. The van der Waals surface area contributed by atoms with Crippen LogP contribution in [-0.4, -0.2) is 24.3 Å². The molecule has 2 rings (SSSR count). The summed E-state index contributed by atoms with van der Waals surface area (Å²) >= 11 is 6.47. The molecule has 22 heavy (non-hydrogen) atoms. The van der Waals surface area contributed by atoms with E-state index >= 15 is 0 Å². The predicted molar refractivity (Wildman–Crippen MR) is 89.1 cm³/mol. The van der Waals surface area contributed by atoms with Gasteiger partial charge in [-0.15, -0.1) is 0 Å². The van der Waals surface area contributed by atoms with E-state index in [2.05, 4.69) is 47.1 Å². The van der Waals surface area contributed by atoms with Gasteiger partial charge < -0.3 is 5.32 Å². The summed E-state index contributed by atoms with van der Waals surface area (Å²) in [5.41, 5.74) is 0.318. The number of hydrogen-bond donors (Lipinski definition) is 1. The van der Waals surface area contributed by atoms with Crippen molar-refractivity contribution < 1.29 is 13.2 Å². The van der Waals surface area contributed by atoms with E-state index in [0.29, 0.717) is 20.5 Å². The Bertz CT molecular complexity index is 825. The minimum Gasteiger partial charge on any atom is -0.311 e. The predicted octanol–water partition coefficient (Wildman–Crippen LogP) is 2.93. The molecule has 0 saturated heterocycles. The maximum atomic E-state index is 12.4. The van der Waals surface area contributed by atoms with Crippen molar-refractivity contribution in [3.63, 3.8) is 0 Å². The first-order valence-corrected chi connectivity index (χ1v) is 9.27. The highest BCUT2D eigenvalue weighted by Gasteiger charge is 2.18. The van der Waals surface area contributed by atoms with E-state index in [0.717, 1.165) is 0 Å². The van der Waals surface area contributed by atoms with Crippen LogP contribution in [0.1, 0.15) is 12.6 Å². The van der Waals surface area contributed by atoms with Gasteiger partial charge in [-0.05, 0) is 34.1 Å².